The molecule has 1 aromatic heterocycles. The van der Waals surface area contributed by atoms with Crippen molar-refractivity contribution in [3.63, 3.8) is 0 Å². The third kappa shape index (κ3) is 2.70. The van der Waals surface area contributed by atoms with Gasteiger partial charge in [-0.15, -0.1) is 0 Å². The van der Waals surface area contributed by atoms with Crippen molar-refractivity contribution in [2.24, 2.45) is 11.3 Å². The lowest BCUT2D eigenvalue weighted by atomic mass is 9.71. The van der Waals surface area contributed by atoms with E-state index in [1.165, 1.54) is 0 Å². The van der Waals surface area contributed by atoms with E-state index in [-0.39, 0.29) is 23.8 Å². The lowest BCUT2D eigenvalue weighted by Crippen LogP contribution is -2.43. The van der Waals surface area contributed by atoms with Crippen molar-refractivity contribution >= 4 is 5.91 Å². The molecule has 2 fully saturated rings. The Kier molecular flexibility index (Phi) is 3.99. The minimum absolute atomic E-state index is 0.111. The summed E-state index contributed by atoms with van der Waals surface area (Å²) < 4.78 is 1.88. The Morgan fingerprint density at radius 1 is 1.52 bits per heavy atom. The number of aryl methyl sites for hydroxylation is 1. The van der Waals surface area contributed by atoms with E-state index in [1.807, 2.05) is 22.6 Å². The molecule has 3 rings (SSSR count). The van der Waals surface area contributed by atoms with Crippen molar-refractivity contribution in [1.29, 1.82) is 0 Å². The van der Waals surface area contributed by atoms with Gasteiger partial charge in [0.05, 0.1) is 0 Å². The van der Waals surface area contributed by atoms with Crippen molar-refractivity contribution in [3.05, 3.63) is 18.2 Å². The van der Waals surface area contributed by atoms with Gasteiger partial charge >= 0.3 is 0 Å². The van der Waals surface area contributed by atoms with E-state index >= 15 is 0 Å². The molecule has 2 N–H and O–H groups in total. The molecule has 1 aromatic rings. The summed E-state index contributed by atoms with van der Waals surface area (Å²) in [6.07, 6.45) is 5.66. The molecule has 2 saturated heterocycles. The van der Waals surface area contributed by atoms with Crippen LogP contribution in [0.2, 0.25) is 0 Å². The Balaban J connectivity index is 1.69. The van der Waals surface area contributed by atoms with E-state index in [9.17, 15) is 9.90 Å². The molecular weight excluding hydrogens is 268 g/mol. The van der Waals surface area contributed by atoms with Crippen LogP contribution in [0.1, 0.15) is 18.7 Å². The minimum Gasteiger partial charge on any atom is -0.396 e. The Labute approximate surface area is 125 Å². The molecule has 0 bridgehead atoms. The highest BCUT2D eigenvalue weighted by molar-refractivity contribution is 5.76. The van der Waals surface area contributed by atoms with Crippen LogP contribution in [-0.4, -0.2) is 58.3 Å². The van der Waals surface area contributed by atoms with Crippen molar-refractivity contribution in [2.45, 2.75) is 26.3 Å². The largest absolute Gasteiger partial charge is 0.396 e. The fourth-order valence-corrected chi connectivity index (χ4v) is 3.78. The fraction of sp³-hybridized carbons (Fsp3) is 0.733. The number of hydrogen-bond acceptors (Lipinski definition) is 4. The van der Waals surface area contributed by atoms with Crippen LogP contribution in [0.4, 0.5) is 0 Å². The number of carbonyl (C=O) groups is 1. The summed E-state index contributed by atoms with van der Waals surface area (Å²) in [5, 5.41) is 13.1. The monoisotopic (exact) mass is 292 g/mol. The highest BCUT2D eigenvalue weighted by Gasteiger charge is 2.47. The Morgan fingerprint density at radius 2 is 2.29 bits per heavy atom. The molecular formula is C15H24N4O2. The summed E-state index contributed by atoms with van der Waals surface area (Å²) in [6.45, 7) is 5.86. The standard InChI is InChI=1S/C15H24N4O2/c1-12-17-6-7-18(12)9-14(21)19-8-13(10-20)15(11-19)2-4-16-5-3-15/h6-7,13,16,20H,2-5,8-11H2,1H3. The van der Waals surface area contributed by atoms with Gasteiger partial charge in [0.25, 0.3) is 0 Å². The van der Waals surface area contributed by atoms with Gasteiger partial charge in [-0.25, -0.2) is 4.98 Å². The van der Waals surface area contributed by atoms with Gasteiger partial charge in [-0.3, -0.25) is 4.79 Å². The van der Waals surface area contributed by atoms with E-state index in [1.54, 1.807) is 6.20 Å². The second-order valence-corrected chi connectivity index (χ2v) is 6.37. The Morgan fingerprint density at radius 3 is 2.90 bits per heavy atom. The molecule has 0 saturated carbocycles. The highest BCUT2D eigenvalue weighted by Crippen LogP contribution is 2.43. The van der Waals surface area contributed by atoms with E-state index in [0.29, 0.717) is 13.1 Å². The van der Waals surface area contributed by atoms with Gasteiger partial charge in [0.1, 0.15) is 12.4 Å². The van der Waals surface area contributed by atoms with Gasteiger partial charge in [0.2, 0.25) is 5.91 Å². The molecule has 0 aromatic carbocycles. The van der Waals surface area contributed by atoms with Gasteiger partial charge in [-0.2, -0.15) is 0 Å². The Hall–Kier alpha value is -1.40. The number of nitrogens with one attached hydrogen (secondary N) is 1. The summed E-state index contributed by atoms with van der Waals surface area (Å²) in [5.74, 6) is 1.20. The molecule has 1 amide bonds. The number of rotatable bonds is 3. The second kappa shape index (κ2) is 5.77. The van der Waals surface area contributed by atoms with Crippen LogP contribution >= 0.6 is 0 Å². The first-order valence-corrected chi connectivity index (χ1v) is 7.72. The average Bonchev–Trinajstić information content (AvgIpc) is 3.04. The first kappa shape index (κ1) is 14.5. The summed E-state index contributed by atoms with van der Waals surface area (Å²) in [4.78, 5) is 18.6. The zero-order valence-corrected chi connectivity index (χ0v) is 12.6. The first-order valence-electron chi connectivity index (χ1n) is 7.72. The fourth-order valence-electron chi connectivity index (χ4n) is 3.78. The van der Waals surface area contributed by atoms with E-state index in [2.05, 4.69) is 10.3 Å². The number of hydrogen-bond donors (Lipinski definition) is 2. The van der Waals surface area contributed by atoms with Gasteiger partial charge in [-0.05, 0) is 38.3 Å². The lowest BCUT2D eigenvalue weighted by Gasteiger charge is -2.37. The second-order valence-electron chi connectivity index (χ2n) is 6.37. The number of piperidine rings is 1. The van der Waals surface area contributed by atoms with Gasteiger partial charge < -0.3 is 19.9 Å². The predicted molar refractivity (Wildman–Crippen MR) is 78.7 cm³/mol. The molecule has 1 spiro atoms. The van der Waals surface area contributed by atoms with Crippen LogP contribution < -0.4 is 5.32 Å². The molecule has 6 heteroatoms. The maximum Gasteiger partial charge on any atom is 0.242 e. The summed E-state index contributed by atoms with van der Waals surface area (Å²) in [6, 6.07) is 0. The smallest absolute Gasteiger partial charge is 0.242 e. The average molecular weight is 292 g/mol. The number of aromatic nitrogens is 2. The van der Waals surface area contributed by atoms with Crippen LogP contribution in [0, 0.1) is 18.3 Å². The number of likely N-dealkylation sites (tertiary alicyclic amines) is 1. The van der Waals surface area contributed by atoms with E-state index < -0.39 is 0 Å². The summed E-state index contributed by atoms with van der Waals surface area (Å²) in [5.41, 5.74) is 0.111. The Bertz CT molecular complexity index is 508. The molecule has 1 unspecified atom stereocenters. The highest BCUT2D eigenvalue weighted by atomic mass is 16.3. The van der Waals surface area contributed by atoms with E-state index in [0.717, 1.165) is 38.3 Å². The maximum atomic E-state index is 12.5. The third-order valence-corrected chi connectivity index (χ3v) is 5.21. The third-order valence-electron chi connectivity index (χ3n) is 5.21. The molecule has 6 nitrogen and oxygen atoms in total. The number of aliphatic hydroxyl groups is 1. The summed E-state index contributed by atoms with van der Waals surface area (Å²) >= 11 is 0. The molecule has 0 aliphatic carbocycles. The lowest BCUT2D eigenvalue weighted by molar-refractivity contribution is -0.131. The molecule has 1 atom stereocenters. The maximum absolute atomic E-state index is 12.5. The van der Waals surface area contributed by atoms with E-state index in [4.69, 9.17) is 0 Å². The van der Waals surface area contributed by atoms with Crippen LogP contribution in [0.15, 0.2) is 12.4 Å². The topological polar surface area (TPSA) is 70.4 Å². The first-order chi connectivity index (χ1) is 10.1. The number of imidazole rings is 1. The van der Waals surface area contributed by atoms with Crippen LogP contribution in [0.3, 0.4) is 0 Å². The SMILES string of the molecule is Cc1nccn1CC(=O)N1CC(CO)C2(CCNCC2)C1. The van der Waals surface area contributed by atoms with Crippen LogP contribution in [-0.2, 0) is 11.3 Å². The normalized spacial score (nSPS) is 24.7. The zero-order valence-electron chi connectivity index (χ0n) is 12.6. The van der Waals surface area contributed by atoms with Crippen LogP contribution in [0.25, 0.3) is 0 Å². The van der Waals surface area contributed by atoms with Crippen molar-refractivity contribution in [3.8, 4) is 0 Å². The van der Waals surface area contributed by atoms with Crippen molar-refractivity contribution in [2.75, 3.05) is 32.8 Å². The van der Waals surface area contributed by atoms with Crippen LogP contribution in [0.5, 0.6) is 0 Å². The molecule has 21 heavy (non-hydrogen) atoms. The van der Waals surface area contributed by atoms with Crippen molar-refractivity contribution in [1.82, 2.24) is 19.8 Å². The minimum atomic E-state index is 0.111. The van der Waals surface area contributed by atoms with Crippen molar-refractivity contribution < 1.29 is 9.90 Å². The van der Waals surface area contributed by atoms with Gasteiger partial charge in [0.15, 0.2) is 0 Å². The molecule has 3 heterocycles. The molecule has 0 radical (unpaired) electrons. The molecule has 2 aliphatic heterocycles. The number of nitrogens with zero attached hydrogens (tertiary/aromatic N) is 3. The molecule has 116 valence electrons. The van der Waals surface area contributed by atoms with Gasteiger partial charge in [-0.1, -0.05) is 0 Å². The quantitative estimate of drug-likeness (QED) is 0.823. The number of aliphatic hydroxyl groups excluding tert-OH is 1. The predicted octanol–water partition coefficient (Wildman–Crippen LogP) is 0.0120. The zero-order chi connectivity index (χ0) is 14.9. The number of carbonyl (C=O) groups excluding carboxylic acids is 1. The molecule has 2 aliphatic rings. The number of amides is 1. The van der Waals surface area contributed by atoms with Gasteiger partial charge in [0, 0.05) is 38.0 Å². The summed E-state index contributed by atoms with van der Waals surface area (Å²) in [7, 11) is 0.